The van der Waals surface area contributed by atoms with Crippen molar-refractivity contribution in [2.75, 3.05) is 11.4 Å². The Morgan fingerprint density at radius 3 is 2.47 bits per heavy atom. The van der Waals surface area contributed by atoms with Crippen LogP contribution in [0.25, 0.3) is 0 Å². The highest BCUT2D eigenvalue weighted by molar-refractivity contribution is 9.08. The Hall–Kier alpha value is -0.740. The highest BCUT2D eigenvalue weighted by Gasteiger charge is 2.22. The zero-order valence-electron chi connectivity index (χ0n) is 11.7. The van der Waals surface area contributed by atoms with Gasteiger partial charge in [-0.3, -0.25) is 4.90 Å². The minimum Gasteiger partial charge on any atom is -0.443 e. The number of nitrogens with zero attached hydrogens (tertiary/aromatic N) is 1. The smallest absolute Gasteiger partial charge is 0.414 e. The average Bonchev–Trinajstić information content (AvgIpc) is 2.27. The fraction of sp³-hybridized carbons (Fsp3) is 0.500. The van der Waals surface area contributed by atoms with E-state index >= 15 is 0 Å². The molecule has 0 unspecified atom stereocenters. The standard InChI is InChI=1S/C14H19BrClNO2/c1-5-17(13(18)19-14(2,3)4)11-7-6-10(9-15)12(16)8-11/h6-8H,5,9H2,1-4H3. The van der Waals surface area contributed by atoms with E-state index in [2.05, 4.69) is 15.9 Å². The maximum atomic E-state index is 12.1. The van der Waals surface area contributed by atoms with E-state index in [0.717, 1.165) is 11.3 Å². The zero-order valence-corrected chi connectivity index (χ0v) is 14.0. The highest BCUT2D eigenvalue weighted by atomic mass is 79.9. The lowest BCUT2D eigenvalue weighted by atomic mass is 10.2. The first-order valence-corrected chi connectivity index (χ1v) is 7.63. The predicted molar refractivity (Wildman–Crippen MR) is 83.3 cm³/mol. The number of ether oxygens (including phenoxy) is 1. The van der Waals surface area contributed by atoms with Crippen molar-refractivity contribution in [2.24, 2.45) is 0 Å². The van der Waals surface area contributed by atoms with E-state index in [-0.39, 0.29) is 6.09 Å². The van der Waals surface area contributed by atoms with Gasteiger partial charge in [0, 0.05) is 22.6 Å². The molecule has 1 rings (SSSR count). The Morgan fingerprint density at radius 2 is 2.05 bits per heavy atom. The maximum absolute atomic E-state index is 12.1. The number of rotatable bonds is 3. The molecular weight excluding hydrogens is 330 g/mol. The molecule has 0 atom stereocenters. The second-order valence-electron chi connectivity index (χ2n) is 5.13. The first kappa shape index (κ1) is 16.3. The molecule has 5 heteroatoms. The number of hydrogen-bond acceptors (Lipinski definition) is 2. The number of anilines is 1. The molecule has 0 aromatic heterocycles. The summed E-state index contributed by atoms with van der Waals surface area (Å²) in [7, 11) is 0. The van der Waals surface area contributed by atoms with Crippen LogP contribution in [0, 0.1) is 0 Å². The molecule has 1 aromatic rings. The minimum absolute atomic E-state index is 0.363. The summed E-state index contributed by atoms with van der Waals surface area (Å²) in [5.41, 5.74) is 1.22. The van der Waals surface area contributed by atoms with Crippen molar-refractivity contribution >= 4 is 39.3 Å². The SMILES string of the molecule is CCN(C(=O)OC(C)(C)C)c1ccc(CBr)c(Cl)c1. The van der Waals surface area contributed by atoms with Gasteiger partial charge in [0.15, 0.2) is 0 Å². The molecule has 106 valence electrons. The average molecular weight is 349 g/mol. The van der Waals surface area contributed by atoms with Crippen LogP contribution in [0.1, 0.15) is 33.3 Å². The Kier molecular flexibility index (Phi) is 5.68. The van der Waals surface area contributed by atoms with Crippen LogP contribution >= 0.6 is 27.5 Å². The molecule has 0 saturated heterocycles. The lowest BCUT2D eigenvalue weighted by Gasteiger charge is -2.26. The lowest BCUT2D eigenvalue weighted by Crippen LogP contribution is -2.36. The van der Waals surface area contributed by atoms with E-state index in [1.807, 2.05) is 39.8 Å². The molecule has 0 spiro atoms. The fourth-order valence-corrected chi connectivity index (χ4v) is 2.44. The number of carbonyl (C=O) groups is 1. The van der Waals surface area contributed by atoms with Gasteiger partial charge in [0.25, 0.3) is 0 Å². The third-order valence-electron chi connectivity index (χ3n) is 2.42. The molecule has 1 amide bonds. The van der Waals surface area contributed by atoms with Gasteiger partial charge in [-0.1, -0.05) is 33.6 Å². The Morgan fingerprint density at radius 1 is 1.42 bits per heavy atom. The van der Waals surface area contributed by atoms with Crippen LogP contribution in [0.15, 0.2) is 18.2 Å². The number of halogens is 2. The van der Waals surface area contributed by atoms with Crippen LogP contribution in [-0.2, 0) is 10.1 Å². The molecule has 1 aromatic carbocycles. The van der Waals surface area contributed by atoms with Crippen LogP contribution < -0.4 is 4.90 Å². The summed E-state index contributed by atoms with van der Waals surface area (Å²) in [6.45, 7) is 7.97. The summed E-state index contributed by atoms with van der Waals surface area (Å²) in [5, 5.41) is 1.32. The summed E-state index contributed by atoms with van der Waals surface area (Å²) >= 11 is 9.53. The molecule has 0 N–H and O–H groups in total. The van der Waals surface area contributed by atoms with Gasteiger partial charge in [0.2, 0.25) is 0 Å². The number of amides is 1. The van der Waals surface area contributed by atoms with Gasteiger partial charge in [-0.25, -0.2) is 4.79 Å². The Balaban J connectivity index is 2.97. The first-order valence-electron chi connectivity index (χ1n) is 6.13. The summed E-state index contributed by atoms with van der Waals surface area (Å²) in [6, 6.07) is 5.56. The van der Waals surface area contributed by atoms with Crippen LogP contribution in [0.3, 0.4) is 0 Å². The Labute approximate surface area is 128 Å². The summed E-state index contributed by atoms with van der Waals surface area (Å²) < 4.78 is 5.38. The maximum Gasteiger partial charge on any atom is 0.414 e. The highest BCUT2D eigenvalue weighted by Crippen LogP contribution is 2.26. The van der Waals surface area contributed by atoms with E-state index in [1.54, 1.807) is 11.0 Å². The number of alkyl halides is 1. The molecule has 0 radical (unpaired) electrons. The topological polar surface area (TPSA) is 29.5 Å². The predicted octanol–water partition coefficient (Wildman–Crippen LogP) is 5.00. The molecule has 19 heavy (non-hydrogen) atoms. The van der Waals surface area contributed by atoms with Gasteiger partial charge in [-0.05, 0) is 45.4 Å². The molecule has 0 bridgehead atoms. The zero-order chi connectivity index (χ0) is 14.6. The van der Waals surface area contributed by atoms with Crippen molar-refractivity contribution in [3.63, 3.8) is 0 Å². The number of carbonyl (C=O) groups excluding carboxylic acids is 1. The van der Waals surface area contributed by atoms with Crippen LogP contribution in [0.5, 0.6) is 0 Å². The van der Waals surface area contributed by atoms with Crippen LogP contribution in [0.2, 0.25) is 5.02 Å². The minimum atomic E-state index is -0.510. The van der Waals surface area contributed by atoms with Gasteiger partial charge >= 0.3 is 6.09 Å². The van der Waals surface area contributed by atoms with Gasteiger partial charge < -0.3 is 4.74 Å². The second kappa shape index (κ2) is 6.62. The number of benzene rings is 1. The molecule has 0 aliphatic carbocycles. The first-order chi connectivity index (χ1) is 8.78. The second-order valence-corrected chi connectivity index (χ2v) is 6.10. The van der Waals surface area contributed by atoms with Crippen molar-refractivity contribution < 1.29 is 9.53 Å². The van der Waals surface area contributed by atoms with Crippen molar-refractivity contribution in [2.45, 2.75) is 38.6 Å². The quantitative estimate of drug-likeness (QED) is 0.720. The number of hydrogen-bond donors (Lipinski definition) is 0. The third kappa shape index (κ3) is 4.69. The molecular formula is C14H19BrClNO2. The summed E-state index contributed by atoms with van der Waals surface area (Å²) in [4.78, 5) is 13.7. The van der Waals surface area contributed by atoms with Gasteiger partial charge in [0.05, 0.1) is 0 Å². The Bertz CT molecular complexity index is 457. The van der Waals surface area contributed by atoms with E-state index < -0.39 is 5.60 Å². The van der Waals surface area contributed by atoms with Crippen molar-refractivity contribution in [1.29, 1.82) is 0 Å². The van der Waals surface area contributed by atoms with Gasteiger partial charge in [-0.2, -0.15) is 0 Å². The van der Waals surface area contributed by atoms with Crippen LogP contribution in [-0.4, -0.2) is 18.2 Å². The molecule has 0 aliphatic heterocycles. The van der Waals surface area contributed by atoms with E-state index in [0.29, 0.717) is 16.9 Å². The van der Waals surface area contributed by atoms with Gasteiger partial charge in [-0.15, -0.1) is 0 Å². The van der Waals surface area contributed by atoms with E-state index in [4.69, 9.17) is 16.3 Å². The third-order valence-corrected chi connectivity index (χ3v) is 3.38. The van der Waals surface area contributed by atoms with E-state index in [9.17, 15) is 4.79 Å². The molecule has 0 aliphatic rings. The van der Waals surface area contributed by atoms with E-state index in [1.165, 1.54) is 0 Å². The van der Waals surface area contributed by atoms with Crippen molar-refractivity contribution in [3.8, 4) is 0 Å². The summed E-state index contributed by atoms with van der Waals surface area (Å²) in [6.07, 6.45) is -0.363. The largest absolute Gasteiger partial charge is 0.443 e. The van der Waals surface area contributed by atoms with Gasteiger partial charge in [0.1, 0.15) is 5.60 Å². The monoisotopic (exact) mass is 347 g/mol. The lowest BCUT2D eigenvalue weighted by molar-refractivity contribution is 0.0582. The normalized spacial score (nSPS) is 11.3. The molecule has 3 nitrogen and oxygen atoms in total. The molecule has 0 saturated carbocycles. The van der Waals surface area contributed by atoms with Crippen LogP contribution in [0.4, 0.5) is 10.5 Å². The molecule has 0 fully saturated rings. The van der Waals surface area contributed by atoms with Crippen molar-refractivity contribution in [1.82, 2.24) is 0 Å². The summed E-state index contributed by atoms with van der Waals surface area (Å²) in [5.74, 6) is 0. The van der Waals surface area contributed by atoms with Crippen molar-refractivity contribution in [3.05, 3.63) is 28.8 Å². The fourth-order valence-electron chi connectivity index (χ4n) is 1.55. The molecule has 0 heterocycles.